The maximum Gasteiger partial charge on any atom is 0.193 e. The number of fused-ring (bicyclic) bond motifs is 1. The molecule has 2 aromatic rings. The van der Waals surface area contributed by atoms with Gasteiger partial charge in [-0.25, -0.2) is 0 Å². The maximum atomic E-state index is 5.96. The van der Waals surface area contributed by atoms with Crippen LogP contribution in [0, 0.1) is 6.92 Å². The van der Waals surface area contributed by atoms with Crippen molar-refractivity contribution in [3.05, 3.63) is 65.2 Å². The summed E-state index contributed by atoms with van der Waals surface area (Å²) in [5, 5.41) is 3.15. The molecule has 0 aliphatic carbocycles. The second-order valence-electron chi connectivity index (χ2n) is 6.41. The van der Waals surface area contributed by atoms with Gasteiger partial charge in [-0.15, -0.1) is 0 Å². The van der Waals surface area contributed by atoms with Crippen molar-refractivity contribution in [2.75, 3.05) is 25.0 Å². The number of rotatable bonds is 5. The van der Waals surface area contributed by atoms with Crippen LogP contribution in [0.25, 0.3) is 0 Å². The number of aryl methyl sites for hydroxylation is 1. The van der Waals surface area contributed by atoms with E-state index in [0.29, 0.717) is 5.96 Å². The van der Waals surface area contributed by atoms with Gasteiger partial charge < -0.3 is 11.1 Å². The Morgan fingerprint density at radius 1 is 1.17 bits per heavy atom. The number of benzene rings is 2. The van der Waals surface area contributed by atoms with Gasteiger partial charge in [-0.05, 0) is 48.6 Å². The summed E-state index contributed by atoms with van der Waals surface area (Å²) in [6.07, 6.45) is 2.18. The predicted octanol–water partition coefficient (Wildman–Crippen LogP) is 3.17. The molecule has 1 aliphatic rings. The Morgan fingerprint density at radius 3 is 2.83 bits per heavy atom. The molecule has 0 aromatic heterocycles. The maximum absolute atomic E-state index is 5.96. The van der Waals surface area contributed by atoms with Crippen LogP contribution in [0.3, 0.4) is 0 Å². The Kier molecular flexibility index (Phi) is 5.49. The fourth-order valence-corrected chi connectivity index (χ4v) is 3.15. The molecule has 0 spiro atoms. The molecule has 0 saturated carbocycles. The second-order valence-corrected chi connectivity index (χ2v) is 6.41. The first kappa shape index (κ1) is 16.5. The van der Waals surface area contributed by atoms with E-state index in [0.717, 1.165) is 44.7 Å². The molecule has 0 radical (unpaired) electrons. The largest absolute Gasteiger partial charge is 0.370 e. The van der Waals surface area contributed by atoms with Crippen molar-refractivity contribution in [2.45, 2.75) is 26.3 Å². The van der Waals surface area contributed by atoms with Gasteiger partial charge in [0.2, 0.25) is 0 Å². The molecular weight excluding hydrogens is 296 g/mol. The third kappa shape index (κ3) is 4.59. The Balaban J connectivity index is 1.42. The summed E-state index contributed by atoms with van der Waals surface area (Å²) >= 11 is 0. The average molecular weight is 322 g/mol. The van der Waals surface area contributed by atoms with Crippen molar-refractivity contribution in [1.82, 2.24) is 4.90 Å². The van der Waals surface area contributed by atoms with Gasteiger partial charge in [0.15, 0.2) is 5.96 Å². The van der Waals surface area contributed by atoms with Crippen molar-refractivity contribution in [2.24, 2.45) is 10.7 Å². The first-order valence-electron chi connectivity index (χ1n) is 8.63. The van der Waals surface area contributed by atoms with E-state index in [1.54, 1.807) is 0 Å². The van der Waals surface area contributed by atoms with Crippen LogP contribution in [-0.2, 0) is 13.0 Å². The van der Waals surface area contributed by atoms with Crippen molar-refractivity contribution < 1.29 is 0 Å². The predicted molar refractivity (Wildman–Crippen MR) is 101 cm³/mol. The second kappa shape index (κ2) is 7.97. The van der Waals surface area contributed by atoms with Crippen molar-refractivity contribution in [3.63, 3.8) is 0 Å². The van der Waals surface area contributed by atoms with E-state index in [1.165, 1.54) is 16.7 Å². The highest BCUT2D eigenvalue weighted by Gasteiger charge is 2.14. The minimum Gasteiger partial charge on any atom is -0.370 e. The number of hydrogen-bond donors (Lipinski definition) is 2. The third-order valence-electron chi connectivity index (χ3n) is 4.41. The van der Waals surface area contributed by atoms with Crippen LogP contribution in [-0.4, -0.2) is 30.5 Å². The number of nitrogens with zero attached hydrogens (tertiary/aromatic N) is 2. The molecule has 0 unspecified atom stereocenters. The van der Waals surface area contributed by atoms with Gasteiger partial charge in [-0.1, -0.05) is 36.4 Å². The van der Waals surface area contributed by atoms with Gasteiger partial charge in [0.05, 0.1) is 0 Å². The Hall–Kier alpha value is -2.33. The zero-order valence-corrected chi connectivity index (χ0v) is 14.3. The van der Waals surface area contributed by atoms with E-state index in [-0.39, 0.29) is 0 Å². The molecule has 3 rings (SSSR count). The molecule has 2 aromatic carbocycles. The summed E-state index contributed by atoms with van der Waals surface area (Å²) in [6.45, 7) is 6.07. The van der Waals surface area contributed by atoms with Gasteiger partial charge in [0, 0.05) is 31.9 Å². The van der Waals surface area contributed by atoms with E-state index in [4.69, 9.17) is 5.73 Å². The van der Waals surface area contributed by atoms with Gasteiger partial charge in [0.1, 0.15) is 0 Å². The highest BCUT2D eigenvalue weighted by molar-refractivity contribution is 5.92. The van der Waals surface area contributed by atoms with Gasteiger partial charge in [-0.2, -0.15) is 0 Å². The molecule has 4 nitrogen and oxygen atoms in total. The number of anilines is 1. The average Bonchev–Trinajstić information content (AvgIpc) is 2.58. The number of aliphatic imine (C=N–C) groups is 1. The lowest BCUT2D eigenvalue weighted by atomic mass is 10.00. The molecule has 0 bridgehead atoms. The highest BCUT2D eigenvalue weighted by Crippen LogP contribution is 2.18. The van der Waals surface area contributed by atoms with Crippen LogP contribution < -0.4 is 11.1 Å². The molecule has 3 N–H and O–H groups in total. The van der Waals surface area contributed by atoms with E-state index in [9.17, 15) is 0 Å². The minimum atomic E-state index is 0.490. The number of nitrogens with one attached hydrogen (secondary N) is 1. The molecule has 1 aliphatic heterocycles. The molecule has 0 saturated heterocycles. The summed E-state index contributed by atoms with van der Waals surface area (Å²) in [4.78, 5) is 6.94. The van der Waals surface area contributed by atoms with Crippen LogP contribution in [0.15, 0.2) is 53.5 Å². The Bertz CT molecular complexity index is 708. The van der Waals surface area contributed by atoms with Gasteiger partial charge in [-0.3, -0.25) is 9.89 Å². The number of guanidine groups is 1. The molecule has 1 heterocycles. The molecule has 126 valence electrons. The highest BCUT2D eigenvalue weighted by atomic mass is 15.1. The molecule has 24 heavy (non-hydrogen) atoms. The summed E-state index contributed by atoms with van der Waals surface area (Å²) in [6, 6.07) is 16.9. The lowest BCUT2D eigenvalue weighted by Crippen LogP contribution is -2.31. The standard InChI is InChI=1S/C20H26N4/c1-16-6-4-9-19(14-16)23-20(21)22-11-5-12-24-13-10-17-7-2-3-8-18(17)15-24/h2-4,6-9,14H,5,10-13,15H2,1H3,(H3,21,22,23). The van der Waals surface area contributed by atoms with Crippen LogP contribution >= 0.6 is 0 Å². The lowest BCUT2D eigenvalue weighted by Gasteiger charge is -2.28. The van der Waals surface area contributed by atoms with Crippen LogP contribution in [0.5, 0.6) is 0 Å². The van der Waals surface area contributed by atoms with E-state index in [1.807, 2.05) is 12.1 Å². The van der Waals surface area contributed by atoms with Crippen molar-refractivity contribution >= 4 is 11.6 Å². The van der Waals surface area contributed by atoms with Crippen LogP contribution in [0.1, 0.15) is 23.1 Å². The zero-order chi connectivity index (χ0) is 16.8. The molecule has 4 heteroatoms. The van der Waals surface area contributed by atoms with Gasteiger partial charge in [0.25, 0.3) is 0 Å². The Labute approximate surface area is 144 Å². The molecule has 0 fully saturated rings. The summed E-state index contributed by atoms with van der Waals surface area (Å²) < 4.78 is 0. The van der Waals surface area contributed by atoms with Crippen molar-refractivity contribution in [1.29, 1.82) is 0 Å². The monoisotopic (exact) mass is 322 g/mol. The Morgan fingerprint density at radius 2 is 2.00 bits per heavy atom. The van der Waals surface area contributed by atoms with Gasteiger partial charge >= 0.3 is 0 Å². The van der Waals surface area contributed by atoms with Crippen LogP contribution in [0.2, 0.25) is 0 Å². The van der Waals surface area contributed by atoms with E-state index in [2.05, 4.69) is 58.5 Å². The summed E-state index contributed by atoms with van der Waals surface area (Å²) in [5.41, 5.74) is 11.1. The fraction of sp³-hybridized carbons (Fsp3) is 0.350. The van der Waals surface area contributed by atoms with E-state index >= 15 is 0 Å². The molecular formula is C20H26N4. The third-order valence-corrected chi connectivity index (χ3v) is 4.41. The van der Waals surface area contributed by atoms with Crippen molar-refractivity contribution in [3.8, 4) is 0 Å². The first-order chi connectivity index (χ1) is 11.7. The summed E-state index contributed by atoms with van der Waals surface area (Å²) in [5.74, 6) is 0.490. The number of hydrogen-bond acceptors (Lipinski definition) is 2. The quantitative estimate of drug-likeness (QED) is 0.505. The zero-order valence-electron chi connectivity index (χ0n) is 14.3. The topological polar surface area (TPSA) is 53.6 Å². The summed E-state index contributed by atoms with van der Waals surface area (Å²) in [7, 11) is 0. The molecule has 0 amide bonds. The minimum absolute atomic E-state index is 0.490. The number of nitrogens with two attached hydrogens (primary N) is 1. The lowest BCUT2D eigenvalue weighted by molar-refractivity contribution is 0.253. The first-order valence-corrected chi connectivity index (χ1v) is 8.63. The SMILES string of the molecule is Cc1cccc(NC(N)=NCCCN2CCc3ccccc3C2)c1. The van der Waals surface area contributed by atoms with Crippen LogP contribution in [0.4, 0.5) is 5.69 Å². The van der Waals surface area contributed by atoms with E-state index < -0.39 is 0 Å². The normalized spacial score (nSPS) is 15.1. The molecule has 0 atom stereocenters. The fourth-order valence-electron chi connectivity index (χ4n) is 3.15. The smallest absolute Gasteiger partial charge is 0.193 e.